The van der Waals surface area contributed by atoms with Crippen molar-refractivity contribution in [2.75, 3.05) is 6.61 Å². The van der Waals surface area contributed by atoms with Crippen molar-refractivity contribution < 1.29 is 4.74 Å². The van der Waals surface area contributed by atoms with Gasteiger partial charge in [-0.05, 0) is 25.7 Å². The van der Waals surface area contributed by atoms with Crippen LogP contribution in [0.15, 0.2) is 0 Å². The Morgan fingerprint density at radius 3 is 2.00 bits per heavy atom. The second-order valence-corrected chi connectivity index (χ2v) is 3.43. The molecule has 0 aliphatic rings. The average molecular weight is 188 g/mol. The standard InChI is InChI=1S/C10H22O.C2H6/c1-5-7-11-10(4)8-9(3)6-2;1-2/h9-10H,5-8H2,1-4H3;1-2H3. The Balaban J connectivity index is 0. The lowest BCUT2D eigenvalue weighted by molar-refractivity contribution is 0.0505. The summed E-state index contributed by atoms with van der Waals surface area (Å²) < 4.78 is 5.56. The maximum atomic E-state index is 5.56. The van der Waals surface area contributed by atoms with E-state index in [2.05, 4.69) is 27.7 Å². The first-order valence-corrected chi connectivity index (χ1v) is 5.82. The molecule has 0 radical (unpaired) electrons. The third-order valence-electron chi connectivity index (χ3n) is 2.04. The first-order chi connectivity index (χ1) is 6.20. The number of rotatable bonds is 6. The SMILES string of the molecule is CC.CCCOC(C)CC(C)CC. The van der Waals surface area contributed by atoms with Crippen LogP contribution in [0.5, 0.6) is 0 Å². The molecular formula is C12H28O. The summed E-state index contributed by atoms with van der Waals surface area (Å²) in [6.45, 7) is 13.7. The van der Waals surface area contributed by atoms with E-state index in [1.807, 2.05) is 13.8 Å². The fourth-order valence-corrected chi connectivity index (χ4v) is 1.12. The quantitative estimate of drug-likeness (QED) is 0.605. The molecule has 13 heavy (non-hydrogen) atoms. The highest BCUT2D eigenvalue weighted by Gasteiger charge is 2.05. The van der Waals surface area contributed by atoms with Gasteiger partial charge in [-0.25, -0.2) is 0 Å². The van der Waals surface area contributed by atoms with Crippen LogP contribution in [0.2, 0.25) is 0 Å². The van der Waals surface area contributed by atoms with Gasteiger partial charge in [0.05, 0.1) is 6.10 Å². The molecule has 0 aromatic carbocycles. The van der Waals surface area contributed by atoms with Crippen molar-refractivity contribution in [1.29, 1.82) is 0 Å². The summed E-state index contributed by atoms with van der Waals surface area (Å²) in [5, 5.41) is 0. The minimum absolute atomic E-state index is 0.449. The third kappa shape index (κ3) is 12.0. The Bertz CT molecular complexity index is 81.2. The van der Waals surface area contributed by atoms with Crippen molar-refractivity contribution in [2.24, 2.45) is 5.92 Å². The molecule has 0 amide bonds. The molecule has 0 fully saturated rings. The highest BCUT2D eigenvalue weighted by atomic mass is 16.5. The lowest BCUT2D eigenvalue weighted by Crippen LogP contribution is -2.12. The van der Waals surface area contributed by atoms with Gasteiger partial charge < -0.3 is 4.74 Å². The zero-order valence-corrected chi connectivity index (χ0v) is 10.4. The van der Waals surface area contributed by atoms with Gasteiger partial charge in [0.1, 0.15) is 0 Å². The first-order valence-electron chi connectivity index (χ1n) is 5.82. The molecule has 0 rings (SSSR count). The monoisotopic (exact) mass is 188 g/mol. The Labute approximate surface area is 84.9 Å². The van der Waals surface area contributed by atoms with Crippen LogP contribution in [0, 0.1) is 5.92 Å². The van der Waals surface area contributed by atoms with Crippen molar-refractivity contribution in [3.05, 3.63) is 0 Å². The summed E-state index contributed by atoms with van der Waals surface area (Å²) in [4.78, 5) is 0. The zero-order chi connectivity index (χ0) is 10.7. The van der Waals surface area contributed by atoms with Crippen LogP contribution in [-0.2, 0) is 4.74 Å². The Kier molecular flexibility index (Phi) is 14.2. The van der Waals surface area contributed by atoms with E-state index in [1.165, 1.54) is 12.8 Å². The second-order valence-electron chi connectivity index (χ2n) is 3.43. The van der Waals surface area contributed by atoms with Crippen LogP contribution < -0.4 is 0 Å². The van der Waals surface area contributed by atoms with E-state index in [4.69, 9.17) is 4.74 Å². The van der Waals surface area contributed by atoms with Gasteiger partial charge in [-0.15, -0.1) is 0 Å². The van der Waals surface area contributed by atoms with Gasteiger partial charge in [0.15, 0.2) is 0 Å². The smallest absolute Gasteiger partial charge is 0.0549 e. The van der Waals surface area contributed by atoms with Gasteiger partial charge in [0, 0.05) is 6.61 Å². The molecule has 0 aromatic heterocycles. The van der Waals surface area contributed by atoms with Gasteiger partial charge in [-0.3, -0.25) is 0 Å². The van der Waals surface area contributed by atoms with E-state index in [-0.39, 0.29) is 0 Å². The lowest BCUT2D eigenvalue weighted by Gasteiger charge is -2.15. The highest BCUT2D eigenvalue weighted by molar-refractivity contribution is 4.56. The van der Waals surface area contributed by atoms with Crippen LogP contribution in [0.3, 0.4) is 0 Å². The van der Waals surface area contributed by atoms with Gasteiger partial charge in [-0.1, -0.05) is 41.0 Å². The van der Waals surface area contributed by atoms with Gasteiger partial charge in [0.25, 0.3) is 0 Å². The van der Waals surface area contributed by atoms with Crippen LogP contribution in [0.1, 0.15) is 60.8 Å². The average Bonchev–Trinajstić information content (AvgIpc) is 2.17. The summed E-state index contributed by atoms with van der Waals surface area (Å²) in [5.74, 6) is 0.807. The molecule has 82 valence electrons. The molecule has 2 unspecified atom stereocenters. The fraction of sp³-hybridized carbons (Fsp3) is 1.00. The van der Waals surface area contributed by atoms with Crippen molar-refractivity contribution >= 4 is 0 Å². The molecule has 0 aromatic rings. The number of ether oxygens (including phenoxy) is 1. The molecule has 1 nitrogen and oxygen atoms in total. The van der Waals surface area contributed by atoms with E-state index in [0.29, 0.717) is 6.10 Å². The summed E-state index contributed by atoms with van der Waals surface area (Å²) in [6, 6.07) is 0. The molecule has 0 bridgehead atoms. The third-order valence-corrected chi connectivity index (χ3v) is 2.04. The minimum atomic E-state index is 0.449. The molecule has 0 aliphatic heterocycles. The minimum Gasteiger partial charge on any atom is -0.379 e. The van der Waals surface area contributed by atoms with Gasteiger partial charge in [0.2, 0.25) is 0 Å². The van der Waals surface area contributed by atoms with Crippen LogP contribution in [0.25, 0.3) is 0 Å². The summed E-state index contributed by atoms with van der Waals surface area (Å²) in [7, 11) is 0. The maximum absolute atomic E-state index is 5.56. The Morgan fingerprint density at radius 1 is 1.08 bits per heavy atom. The van der Waals surface area contributed by atoms with E-state index in [1.54, 1.807) is 0 Å². The molecule has 0 spiro atoms. The second kappa shape index (κ2) is 12.0. The zero-order valence-electron chi connectivity index (χ0n) is 10.4. The van der Waals surface area contributed by atoms with Crippen molar-refractivity contribution in [2.45, 2.75) is 66.9 Å². The van der Waals surface area contributed by atoms with Crippen LogP contribution in [0.4, 0.5) is 0 Å². The molecule has 1 heteroatoms. The summed E-state index contributed by atoms with van der Waals surface area (Å²) in [5.41, 5.74) is 0. The Hall–Kier alpha value is -0.0400. The van der Waals surface area contributed by atoms with Crippen molar-refractivity contribution in [3.63, 3.8) is 0 Å². The molecule has 0 N–H and O–H groups in total. The molecule has 0 aliphatic carbocycles. The van der Waals surface area contributed by atoms with Gasteiger partial charge in [-0.2, -0.15) is 0 Å². The van der Waals surface area contributed by atoms with Crippen molar-refractivity contribution in [3.8, 4) is 0 Å². The predicted octanol–water partition coefficient (Wildman–Crippen LogP) is 4.26. The van der Waals surface area contributed by atoms with E-state index >= 15 is 0 Å². The maximum Gasteiger partial charge on any atom is 0.0549 e. The van der Waals surface area contributed by atoms with Crippen LogP contribution >= 0.6 is 0 Å². The number of hydrogen-bond acceptors (Lipinski definition) is 1. The molecule has 0 heterocycles. The molecule has 2 atom stereocenters. The first kappa shape index (κ1) is 15.4. The van der Waals surface area contributed by atoms with E-state index in [9.17, 15) is 0 Å². The van der Waals surface area contributed by atoms with Crippen LogP contribution in [-0.4, -0.2) is 12.7 Å². The largest absolute Gasteiger partial charge is 0.379 e. The van der Waals surface area contributed by atoms with Crippen molar-refractivity contribution in [1.82, 2.24) is 0 Å². The summed E-state index contributed by atoms with van der Waals surface area (Å²) >= 11 is 0. The predicted molar refractivity (Wildman–Crippen MR) is 61.1 cm³/mol. The topological polar surface area (TPSA) is 9.23 Å². The highest BCUT2D eigenvalue weighted by Crippen LogP contribution is 2.11. The number of hydrogen-bond donors (Lipinski definition) is 0. The normalized spacial score (nSPS) is 14.3. The molecular weight excluding hydrogens is 160 g/mol. The lowest BCUT2D eigenvalue weighted by atomic mass is 10.0. The van der Waals surface area contributed by atoms with E-state index < -0.39 is 0 Å². The molecule has 0 saturated carbocycles. The fourth-order valence-electron chi connectivity index (χ4n) is 1.12. The molecule has 0 saturated heterocycles. The Morgan fingerprint density at radius 2 is 1.62 bits per heavy atom. The summed E-state index contributed by atoms with van der Waals surface area (Å²) in [6.07, 6.45) is 4.05. The van der Waals surface area contributed by atoms with E-state index in [0.717, 1.165) is 18.9 Å². The van der Waals surface area contributed by atoms with Gasteiger partial charge >= 0.3 is 0 Å².